The molecule has 106 valence electrons. The first-order chi connectivity index (χ1) is 8.43. The van der Waals surface area contributed by atoms with Crippen LogP contribution in [0.3, 0.4) is 0 Å². The summed E-state index contributed by atoms with van der Waals surface area (Å²) in [7, 11) is 4.98. The highest BCUT2D eigenvalue weighted by Crippen LogP contribution is 2.08. The Labute approximate surface area is 110 Å². The number of unbranched alkanes of at least 4 members (excludes halogenated alkanes) is 2. The lowest BCUT2D eigenvalue weighted by Gasteiger charge is -2.30. The lowest BCUT2D eigenvalue weighted by Crippen LogP contribution is -2.45. The van der Waals surface area contributed by atoms with Gasteiger partial charge in [-0.3, -0.25) is 14.6 Å². The zero-order valence-corrected chi connectivity index (χ0v) is 12.2. The molecule has 5 heteroatoms. The lowest BCUT2D eigenvalue weighted by molar-refractivity contribution is -0.152. The van der Waals surface area contributed by atoms with Gasteiger partial charge in [0.25, 0.3) is 0 Å². The molecule has 0 saturated heterocycles. The van der Waals surface area contributed by atoms with E-state index in [9.17, 15) is 9.59 Å². The molecule has 0 aromatic carbocycles. The van der Waals surface area contributed by atoms with Crippen molar-refractivity contribution in [2.24, 2.45) is 5.92 Å². The molecule has 0 aliphatic rings. The van der Waals surface area contributed by atoms with E-state index in [2.05, 4.69) is 11.7 Å². The molecule has 0 saturated carbocycles. The van der Waals surface area contributed by atoms with E-state index in [-0.39, 0.29) is 17.8 Å². The standard InChI is InChI=1S/C13H26N2O3/c1-6-7-8-9-12(16)15(14(3)4)10-11(2)13(17)18-5/h11H,6-10H2,1-5H3. The Morgan fingerprint density at radius 2 is 1.83 bits per heavy atom. The Morgan fingerprint density at radius 3 is 2.28 bits per heavy atom. The van der Waals surface area contributed by atoms with Gasteiger partial charge in [-0.1, -0.05) is 26.7 Å². The molecule has 1 atom stereocenters. The normalized spacial score (nSPS) is 12.3. The van der Waals surface area contributed by atoms with Crippen LogP contribution in [-0.2, 0) is 14.3 Å². The molecule has 18 heavy (non-hydrogen) atoms. The number of hydrogen-bond donors (Lipinski definition) is 0. The molecule has 0 radical (unpaired) electrons. The largest absolute Gasteiger partial charge is 0.469 e. The van der Waals surface area contributed by atoms with Crippen molar-refractivity contribution in [1.82, 2.24) is 10.0 Å². The maximum atomic E-state index is 12.0. The first-order valence-corrected chi connectivity index (χ1v) is 6.49. The topological polar surface area (TPSA) is 49.9 Å². The summed E-state index contributed by atoms with van der Waals surface area (Å²) in [6.45, 7) is 4.24. The number of rotatable bonds is 8. The third-order valence-corrected chi connectivity index (χ3v) is 2.82. The fourth-order valence-corrected chi connectivity index (χ4v) is 1.68. The first-order valence-electron chi connectivity index (χ1n) is 6.49. The van der Waals surface area contributed by atoms with Crippen LogP contribution in [0.2, 0.25) is 0 Å². The zero-order chi connectivity index (χ0) is 14.1. The molecule has 0 bridgehead atoms. The molecular formula is C13H26N2O3. The monoisotopic (exact) mass is 258 g/mol. The van der Waals surface area contributed by atoms with E-state index in [1.165, 1.54) is 7.11 Å². The van der Waals surface area contributed by atoms with Crippen molar-refractivity contribution in [2.75, 3.05) is 27.7 Å². The fraction of sp³-hybridized carbons (Fsp3) is 0.846. The van der Waals surface area contributed by atoms with E-state index in [1.54, 1.807) is 16.9 Å². The molecule has 0 rings (SSSR count). The Bertz CT molecular complexity index is 267. The number of methoxy groups -OCH3 is 1. The number of carbonyl (C=O) groups excluding carboxylic acids is 2. The number of carbonyl (C=O) groups is 2. The number of esters is 1. The minimum atomic E-state index is -0.312. The minimum absolute atomic E-state index is 0.0594. The van der Waals surface area contributed by atoms with Crippen molar-refractivity contribution in [3.63, 3.8) is 0 Å². The van der Waals surface area contributed by atoms with Crippen molar-refractivity contribution in [1.29, 1.82) is 0 Å². The molecule has 0 N–H and O–H groups in total. The van der Waals surface area contributed by atoms with Gasteiger partial charge in [0.1, 0.15) is 0 Å². The van der Waals surface area contributed by atoms with E-state index < -0.39 is 0 Å². The van der Waals surface area contributed by atoms with E-state index in [0.29, 0.717) is 13.0 Å². The van der Waals surface area contributed by atoms with Gasteiger partial charge in [0.05, 0.1) is 19.6 Å². The second-order valence-corrected chi connectivity index (χ2v) is 4.70. The van der Waals surface area contributed by atoms with E-state index in [1.807, 2.05) is 14.1 Å². The Balaban J connectivity index is 4.38. The molecule has 1 amide bonds. The zero-order valence-electron chi connectivity index (χ0n) is 12.2. The van der Waals surface area contributed by atoms with Crippen molar-refractivity contribution >= 4 is 11.9 Å². The molecule has 0 fully saturated rings. The van der Waals surface area contributed by atoms with Gasteiger partial charge in [0.15, 0.2) is 0 Å². The van der Waals surface area contributed by atoms with Gasteiger partial charge in [0.2, 0.25) is 5.91 Å². The van der Waals surface area contributed by atoms with Crippen LogP contribution >= 0.6 is 0 Å². The molecule has 1 unspecified atom stereocenters. The van der Waals surface area contributed by atoms with Crippen molar-refractivity contribution in [3.05, 3.63) is 0 Å². The Morgan fingerprint density at radius 1 is 1.22 bits per heavy atom. The average molecular weight is 258 g/mol. The Kier molecular flexibility index (Phi) is 8.37. The second kappa shape index (κ2) is 8.91. The van der Waals surface area contributed by atoms with Crippen LogP contribution in [0.15, 0.2) is 0 Å². The van der Waals surface area contributed by atoms with Crippen LogP contribution in [0, 0.1) is 5.92 Å². The van der Waals surface area contributed by atoms with E-state index in [4.69, 9.17) is 0 Å². The van der Waals surface area contributed by atoms with Crippen molar-refractivity contribution < 1.29 is 14.3 Å². The Hall–Kier alpha value is -1.10. The second-order valence-electron chi connectivity index (χ2n) is 4.70. The predicted octanol–water partition coefficient (Wildman–Crippen LogP) is 1.68. The van der Waals surface area contributed by atoms with Crippen LogP contribution in [0.1, 0.15) is 39.5 Å². The first kappa shape index (κ1) is 16.9. The minimum Gasteiger partial charge on any atom is -0.469 e. The number of ether oxygens (including phenoxy) is 1. The molecule has 0 aromatic heterocycles. The van der Waals surface area contributed by atoms with Crippen LogP contribution in [0.25, 0.3) is 0 Å². The van der Waals surface area contributed by atoms with Gasteiger partial charge in [-0.15, -0.1) is 0 Å². The fourth-order valence-electron chi connectivity index (χ4n) is 1.68. The van der Waals surface area contributed by atoms with Gasteiger partial charge in [-0.2, -0.15) is 0 Å². The maximum absolute atomic E-state index is 12.0. The average Bonchev–Trinajstić information content (AvgIpc) is 2.34. The summed E-state index contributed by atoms with van der Waals surface area (Å²) in [4.78, 5) is 23.4. The lowest BCUT2D eigenvalue weighted by atomic mass is 10.1. The van der Waals surface area contributed by atoms with Crippen LogP contribution in [0.4, 0.5) is 0 Å². The predicted molar refractivity (Wildman–Crippen MR) is 70.7 cm³/mol. The summed E-state index contributed by atoms with van der Waals surface area (Å²) in [6.07, 6.45) is 3.57. The van der Waals surface area contributed by atoms with Gasteiger partial charge in [-0.25, -0.2) is 5.01 Å². The van der Waals surface area contributed by atoms with Gasteiger partial charge < -0.3 is 4.74 Å². The van der Waals surface area contributed by atoms with E-state index >= 15 is 0 Å². The quantitative estimate of drug-likeness (QED) is 0.377. The molecular weight excluding hydrogens is 232 g/mol. The summed E-state index contributed by atoms with van der Waals surface area (Å²) in [5.74, 6) is -0.542. The highest BCUT2D eigenvalue weighted by Gasteiger charge is 2.22. The SMILES string of the molecule is CCCCCC(=O)N(CC(C)C(=O)OC)N(C)C. The summed E-state index contributed by atoms with van der Waals surface area (Å²) in [6, 6.07) is 0. The van der Waals surface area contributed by atoms with Crippen LogP contribution in [-0.4, -0.2) is 49.6 Å². The molecule has 0 aromatic rings. The third kappa shape index (κ3) is 6.00. The van der Waals surface area contributed by atoms with Crippen LogP contribution in [0.5, 0.6) is 0 Å². The van der Waals surface area contributed by atoms with Gasteiger partial charge >= 0.3 is 5.97 Å². The number of hydrogen-bond acceptors (Lipinski definition) is 4. The summed E-state index contributed by atoms with van der Waals surface area (Å²) in [5, 5.41) is 3.34. The highest BCUT2D eigenvalue weighted by atomic mass is 16.5. The third-order valence-electron chi connectivity index (χ3n) is 2.82. The molecule has 0 spiro atoms. The van der Waals surface area contributed by atoms with Crippen molar-refractivity contribution in [2.45, 2.75) is 39.5 Å². The van der Waals surface area contributed by atoms with Gasteiger partial charge in [0, 0.05) is 20.5 Å². The number of hydrazine groups is 1. The highest BCUT2D eigenvalue weighted by molar-refractivity contribution is 5.77. The number of amides is 1. The van der Waals surface area contributed by atoms with Gasteiger partial charge in [-0.05, 0) is 6.42 Å². The smallest absolute Gasteiger partial charge is 0.310 e. The summed E-state index contributed by atoms with van der Waals surface area (Å²) < 4.78 is 4.68. The maximum Gasteiger partial charge on any atom is 0.310 e. The molecule has 0 aliphatic carbocycles. The number of nitrogens with zero attached hydrogens (tertiary/aromatic N) is 2. The van der Waals surface area contributed by atoms with Crippen molar-refractivity contribution in [3.8, 4) is 0 Å². The molecule has 0 heterocycles. The summed E-state index contributed by atoms with van der Waals surface area (Å²) in [5.41, 5.74) is 0. The van der Waals surface area contributed by atoms with E-state index in [0.717, 1.165) is 19.3 Å². The molecule has 5 nitrogen and oxygen atoms in total. The molecule has 0 aliphatic heterocycles. The van der Waals surface area contributed by atoms with Crippen LogP contribution < -0.4 is 0 Å². The summed E-state index contributed by atoms with van der Waals surface area (Å²) >= 11 is 0.